The van der Waals surface area contributed by atoms with Crippen LogP contribution in [0.4, 0.5) is 0 Å². The molecule has 21 heavy (non-hydrogen) atoms. The zero-order valence-electron chi connectivity index (χ0n) is 14.1. The van der Waals surface area contributed by atoms with Gasteiger partial charge in [-0.2, -0.15) is 0 Å². The molecule has 0 bridgehead atoms. The van der Waals surface area contributed by atoms with E-state index < -0.39 is 0 Å². The maximum absolute atomic E-state index is 6.45. The molecule has 1 aromatic rings. The van der Waals surface area contributed by atoms with E-state index in [-0.39, 0.29) is 23.9 Å². The first-order valence-electron chi connectivity index (χ1n) is 8.40. The quantitative estimate of drug-likeness (QED) is 0.538. The molecule has 0 aliphatic rings. The van der Waals surface area contributed by atoms with E-state index in [0.29, 0.717) is 0 Å². The van der Waals surface area contributed by atoms with E-state index in [9.17, 15) is 0 Å². The summed E-state index contributed by atoms with van der Waals surface area (Å²) >= 11 is 0. The summed E-state index contributed by atoms with van der Waals surface area (Å²) in [5.74, 6) is 0. The van der Waals surface area contributed by atoms with Gasteiger partial charge in [0.05, 0.1) is 0 Å². The van der Waals surface area contributed by atoms with Crippen molar-refractivity contribution in [2.24, 2.45) is 5.73 Å². The average molecular weight is 312 g/mol. The minimum absolute atomic E-state index is 0. The van der Waals surface area contributed by atoms with E-state index >= 15 is 0 Å². The highest BCUT2D eigenvalue weighted by Gasteiger charge is 2.27. The number of rotatable bonds is 10. The largest absolute Gasteiger partial charge is 0.327 e. The second kappa shape index (κ2) is 11.1. The van der Waals surface area contributed by atoms with Crippen LogP contribution in [0.5, 0.6) is 0 Å². The Morgan fingerprint density at radius 3 is 2.00 bits per heavy atom. The van der Waals surface area contributed by atoms with Gasteiger partial charge in [-0.3, -0.25) is 0 Å². The van der Waals surface area contributed by atoms with Gasteiger partial charge in [-0.25, -0.2) is 0 Å². The topological polar surface area (TPSA) is 26.0 Å². The summed E-state index contributed by atoms with van der Waals surface area (Å²) < 4.78 is 0. The molecule has 122 valence electrons. The molecule has 2 heteroatoms. The maximum atomic E-state index is 6.45. The first kappa shape index (κ1) is 20.5. The van der Waals surface area contributed by atoms with Gasteiger partial charge in [-0.05, 0) is 12.0 Å². The smallest absolute Gasteiger partial charge is 0.0131 e. The van der Waals surface area contributed by atoms with E-state index in [1.165, 1.54) is 50.5 Å². The second-order valence-corrected chi connectivity index (χ2v) is 6.60. The summed E-state index contributed by atoms with van der Waals surface area (Å²) in [6.45, 7) is 6.81. The fourth-order valence-corrected chi connectivity index (χ4v) is 2.76. The van der Waals surface area contributed by atoms with Crippen molar-refractivity contribution in [1.29, 1.82) is 0 Å². The number of unbranched alkanes of at least 4 members (excludes halogenated alkanes) is 6. The zero-order valence-corrected chi connectivity index (χ0v) is 14.9. The minimum Gasteiger partial charge on any atom is -0.327 e. The van der Waals surface area contributed by atoms with Crippen LogP contribution in [0.1, 0.15) is 77.7 Å². The third kappa shape index (κ3) is 7.33. The Hall–Kier alpha value is -0.530. The van der Waals surface area contributed by atoms with E-state index in [1.807, 2.05) is 0 Å². The molecular weight excluding hydrogens is 278 g/mol. The van der Waals surface area contributed by atoms with Crippen molar-refractivity contribution in [3.8, 4) is 0 Å². The average Bonchev–Trinajstić information content (AvgIpc) is 2.47. The van der Waals surface area contributed by atoms with E-state index in [4.69, 9.17) is 5.73 Å². The van der Waals surface area contributed by atoms with Gasteiger partial charge in [0, 0.05) is 11.5 Å². The molecule has 0 saturated carbocycles. The fourth-order valence-electron chi connectivity index (χ4n) is 2.76. The van der Waals surface area contributed by atoms with Crippen molar-refractivity contribution in [2.75, 3.05) is 0 Å². The Morgan fingerprint density at radius 1 is 0.905 bits per heavy atom. The van der Waals surface area contributed by atoms with Crippen molar-refractivity contribution >= 4 is 12.4 Å². The number of benzene rings is 1. The summed E-state index contributed by atoms with van der Waals surface area (Å²) in [4.78, 5) is 0. The molecule has 0 heterocycles. The molecule has 0 aliphatic carbocycles. The van der Waals surface area contributed by atoms with E-state index in [2.05, 4.69) is 51.1 Å². The van der Waals surface area contributed by atoms with Crippen LogP contribution in [0.2, 0.25) is 0 Å². The van der Waals surface area contributed by atoms with Crippen LogP contribution in [0, 0.1) is 0 Å². The lowest BCUT2D eigenvalue weighted by Gasteiger charge is -2.32. The molecule has 0 radical (unpaired) electrons. The Balaban J connectivity index is 0.00000400. The summed E-state index contributed by atoms with van der Waals surface area (Å²) in [6.07, 6.45) is 10.6. The summed E-state index contributed by atoms with van der Waals surface area (Å²) in [5, 5.41) is 0. The molecule has 1 unspecified atom stereocenters. The van der Waals surface area contributed by atoms with Crippen molar-refractivity contribution in [3.05, 3.63) is 35.9 Å². The van der Waals surface area contributed by atoms with Gasteiger partial charge < -0.3 is 5.73 Å². The van der Waals surface area contributed by atoms with Crippen LogP contribution < -0.4 is 5.73 Å². The van der Waals surface area contributed by atoms with Crippen molar-refractivity contribution in [2.45, 2.75) is 83.6 Å². The highest BCUT2D eigenvalue weighted by Crippen LogP contribution is 2.28. The minimum atomic E-state index is 0. The van der Waals surface area contributed by atoms with Crippen molar-refractivity contribution in [3.63, 3.8) is 0 Å². The SMILES string of the molecule is CCCCCCCCCC(N)C(C)(C)c1ccccc1.Cl. The predicted molar refractivity (Wildman–Crippen MR) is 97.3 cm³/mol. The number of hydrogen-bond donors (Lipinski definition) is 1. The van der Waals surface area contributed by atoms with Crippen LogP contribution in [-0.4, -0.2) is 6.04 Å². The molecule has 0 amide bonds. The Morgan fingerprint density at radius 2 is 1.43 bits per heavy atom. The van der Waals surface area contributed by atoms with E-state index in [0.717, 1.165) is 6.42 Å². The van der Waals surface area contributed by atoms with Crippen LogP contribution >= 0.6 is 12.4 Å². The predicted octanol–water partition coefficient (Wildman–Crippen LogP) is 5.85. The zero-order chi connectivity index (χ0) is 14.8. The summed E-state index contributed by atoms with van der Waals surface area (Å²) in [5.41, 5.74) is 7.88. The van der Waals surface area contributed by atoms with Gasteiger partial charge in [0.25, 0.3) is 0 Å². The maximum Gasteiger partial charge on any atom is 0.0131 e. The third-order valence-corrected chi connectivity index (χ3v) is 4.56. The summed E-state index contributed by atoms with van der Waals surface area (Å²) in [7, 11) is 0. The lowest BCUT2D eigenvalue weighted by atomic mass is 9.76. The first-order chi connectivity index (χ1) is 9.59. The number of nitrogens with two attached hydrogens (primary N) is 1. The third-order valence-electron chi connectivity index (χ3n) is 4.56. The lowest BCUT2D eigenvalue weighted by Crippen LogP contribution is -2.40. The summed E-state index contributed by atoms with van der Waals surface area (Å²) in [6, 6.07) is 10.9. The molecule has 1 aromatic carbocycles. The van der Waals surface area contributed by atoms with Crippen LogP contribution in [0.15, 0.2) is 30.3 Å². The molecule has 1 atom stereocenters. The van der Waals surface area contributed by atoms with Crippen LogP contribution in [0.3, 0.4) is 0 Å². The lowest BCUT2D eigenvalue weighted by molar-refractivity contribution is 0.375. The van der Waals surface area contributed by atoms with Crippen LogP contribution in [0.25, 0.3) is 0 Å². The van der Waals surface area contributed by atoms with Gasteiger partial charge in [0.2, 0.25) is 0 Å². The highest BCUT2D eigenvalue weighted by molar-refractivity contribution is 5.85. The van der Waals surface area contributed by atoms with Gasteiger partial charge in [-0.1, -0.05) is 96.0 Å². The molecule has 0 saturated heterocycles. The molecule has 0 fully saturated rings. The first-order valence-corrected chi connectivity index (χ1v) is 8.40. The highest BCUT2D eigenvalue weighted by atomic mass is 35.5. The Kier molecular flexibility index (Phi) is 10.8. The Labute approximate surface area is 138 Å². The van der Waals surface area contributed by atoms with Crippen LogP contribution in [-0.2, 0) is 5.41 Å². The van der Waals surface area contributed by atoms with E-state index in [1.54, 1.807) is 0 Å². The van der Waals surface area contributed by atoms with Crippen molar-refractivity contribution < 1.29 is 0 Å². The monoisotopic (exact) mass is 311 g/mol. The molecule has 0 spiro atoms. The van der Waals surface area contributed by atoms with Gasteiger partial charge in [-0.15, -0.1) is 12.4 Å². The normalized spacial score (nSPS) is 12.8. The second-order valence-electron chi connectivity index (χ2n) is 6.60. The standard InChI is InChI=1S/C19H33N.ClH/c1-4-5-6-7-8-9-13-16-18(20)19(2,3)17-14-11-10-12-15-17;/h10-12,14-15,18H,4-9,13,16,20H2,1-3H3;1H. The fraction of sp³-hybridized carbons (Fsp3) is 0.684. The van der Waals surface area contributed by atoms with Gasteiger partial charge in [0.15, 0.2) is 0 Å². The number of halogens is 1. The molecule has 1 nitrogen and oxygen atoms in total. The molecule has 0 aromatic heterocycles. The van der Waals surface area contributed by atoms with Gasteiger partial charge in [0.1, 0.15) is 0 Å². The molecule has 2 N–H and O–H groups in total. The molecule has 0 aliphatic heterocycles. The van der Waals surface area contributed by atoms with Gasteiger partial charge >= 0.3 is 0 Å². The Bertz CT molecular complexity index is 348. The van der Waals surface area contributed by atoms with Crippen molar-refractivity contribution in [1.82, 2.24) is 0 Å². The molecule has 1 rings (SSSR count). The number of hydrogen-bond acceptors (Lipinski definition) is 1. The molecular formula is C19H34ClN.